The number of benzene rings is 2. The molecule has 0 bridgehead atoms. The molecule has 2 heterocycles. The van der Waals surface area contributed by atoms with E-state index in [1.54, 1.807) is 24.3 Å². The van der Waals surface area contributed by atoms with E-state index in [4.69, 9.17) is 16.9 Å². The van der Waals surface area contributed by atoms with Gasteiger partial charge in [-0.2, -0.15) is 18.4 Å². The third kappa shape index (κ3) is 3.88. The summed E-state index contributed by atoms with van der Waals surface area (Å²) in [6.45, 7) is 0. The molecule has 0 radical (unpaired) electrons. The lowest BCUT2D eigenvalue weighted by Gasteiger charge is -2.17. The summed E-state index contributed by atoms with van der Waals surface area (Å²) < 4.78 is 42.2. The summed E-state index contributed by atoms with van der Waals surface area (Å²) in [5.41, 5.74) is 0.360. The van der Waals surface area contributed by atoms with Crippen LogP contribution in [-0.4, -0.2) is 27.3 Å². The van der Waals surface area contributed by atoms with Crippen molar-refractivity contribution in [3.63, 3.8) is 0 Å². The Morgan fingerprint density at radius 1 is 1.12 bits per heavy atom. The zero-order valence-electron chi connectivity index (χ0n) is 16.4. The number of nitrogens with zero attached hydrogens (tertiary/aromatic N) is 5. The molecule has 4 rings (SSSR count). The quantitative estimate of drug-likeness (QED) is 0.424. The van der Waals surface area contributed by atoms with Gasteiger partial charge in [0.2, 0.25) is 0 Å². The third-order valence-corrected chi connectivity index (χ3v) is 5.10. The molecule has 0 N–H and O–H groups in total. The van der Waals surface area contributed by atoms with Crippen molar-refractivity contribution in [3.05, 3.63) is 82.9 Å². The van der Waals surface area contributed by atoms with E-state index in [0.29, 0.717) is 11.3 Å². The molecule has 0 fully saturated rings. The van der Waals surface area contributed by atoms with Gasteiger partial charge in [0, 0.05) is 29.5 Å². The molecule has 0 aliphatic heterocycles. The summed E-state index contributed by atoms with van der Waals surface area (Å²) in [6, 6.07) is 11.8. The van der Waals surface area contributed by atoms with E-state index in [-0.39, 0.29) is 27.6 Å². The second-order valence-electron chi connectivity index (χ2n) is 6.85. The molecule has 2 aromatic carbocycles. The van der Waals surface area contributed by atoms with Crippen molar-refractivity contribution in [2.75, 3.05) is 11.9 Å². The second-order valence-corrected chi connectivity index (χ2v) is 7.29. The van der Waals surface area contributed by atoms with Crippen LogP contribution in [0.4, 0.5) is 18.9 Å². The first-order valence-corrected chi connectivity index (χ1v) is 9.55. The summed E-state index contributed by atoms with van der Waals surface area (Å²) in [5, 5.41) is 8.87. The highest BCUT2D eigenvalue weighted by Gasteiger charge is 2.34. The molecule has 0 aliphatic rings. The van der Waals surface area contributed by atoms with E-state index < -0.39 is 17.6 Å². The minimum Gasteiger partial charge on any atom is -0.310 e. The number of rotatable bonds is 3. The van der Waals surface area contributed by atoms with E-state index in [1.807, 2.05) is 6.07 Å². The summed E-state index contributed by atoms with van der Waals surface area (Å²) in [4.78, 5) is 22.5. The van der Waals surface area contributed by atoms with Gasteiger partial charge in [0.15, 0.2) is 5.65 Å². The van der Waals surface area contributed by atoms with Crippen molar-refractivity contribution in [3.8, 4) is 17.3 Å². The number of hydrogen-bond donors (Lipinski definition) is 0. The molecular formula is C22H13ClF3N5O. The number of carbonyl (C=O) groups excluding carboxylic acids is 1. The van der Waals surface area contributed by atoms with Gasteiger partial charge in [-0.25, -0.2) is 9.97 Å². The Kier molecular flexibility index (Phi) is 5.32. The van der Waals surface area contributed by atoms with Crippen LogP contribution in [0.15, 0.2) is 61.1 Å². The van der Waals surface area contributed by atoms with Gasteiger partial charge in [0.1, 0.15) is 5.69 Å². The lowest BCUT2D eigenvalue weighted by molar-refractivity contribution is -0.137. The molecule has 1 amide bonds. The van der Waals surface area contributed by atoms with E-state index in [0.717, 1.165) is 6.07 Å². The lowest BCUT2D eigenvalue weighted by Crippen LogP contribution is -2.27. The van der Waals surface area contributed by atoms with Crippen LogP contribution in [0.1, 0.15) is 21.6 Å². The van der Waals surface area contributed by atoms with E-state index >= 15 is 0 Å². The van der Waals surface area contributed by atoms with Gasteiger partial charge in [-0.3, -0.25) is 9.20 Å². The fraction of sp³-hybridized carbons (Fsp3) is 0.0909. The highest BCUT2D eigenvalue weighted by Crippen LogP contribution is 2.38. The monoisotopic (exact) mass is 455 g/mol. The topological polar surface area (TPSA) is 74.3 Å². The van der Waals surface area contributed by atoms with Crippen molar-refractivity contribution in [1.29, 1.82) is 5.26 Å². The van der Waals surface area contributed by atoms with Crippen molar-refractivity contribution in [2.45, 2.75) is 6.18 Å². The molecule has 32 heavy (non-hydrogen) atoms. The fourth-order valence-corrected chi connectivity index (χ4v) is 3.39. The fourth-order valence-electron chi connectivity index (χ4n) is 3.22. The largest absolute Gasteiger partial charge is 0.417 e. The zero-order chi connectivity index (χ0) is 23.0. The van der Waals surface area contributed by atoms with E-state index in [2.05, 4.69) is 9.97 Å². The Bertz CT molecular complexity index is 1370. The standard InChI is InChI=1S/C22H13ClF3N5O/c1-30(15-5-2-13(9-27)3-6-15)21(32)18-12-31-19(10-29-20(31)11-28-18)16-7-4-14(23)8-17(16)22(24,25)26/h2-8,10-12H,1H3. The predicted octanol–water partition coefficient (Wildman–Crippen LogP) is 5.22. The number of halogens is 4. The zero-order valence-corrected chi connectivity index (χ0v) is 17.2. The number of imidazole rings is 1. The van der Waals surface area contributed by atoms with Gasteiger partial charge in [0.05, 0.1) is 35.3 Å². The Labute approximate surface area is 185 Å². The predicted molar refractivity (Wildman–Crippen MR) is 112 cm³/mol. The number of nitriles is 1. The van der Waals surface area contributed by atoms with Crippen molar-refractivity contribution in [2.24, 2.45) is 0 Å². The van der Waals surface area contributed by atoms with Crippen molar-refractivity contribution < 1.29 is 18.0 Å². The lowest BCUT2D eigenvalue weighted by atomic mass is 10.0. The molecule has 0 unspecified atom stereocenters. The van der Waals surface area contributed by atoms with Crippen LogP contribution in [0, 0.1) is 11.3 Å². The number of fused-ring (bicyclic) bond motifs is 1. The highest BCUT2D eigenvalue weighted by atomic mass is 35.5. The highest BCUT2D eigenvalue weighted by molar-refractivity contribution is 6.30. The number of aromatic nitrogens is 3. The van der Waals surface area contributed by atoms with Gasteiger partial charge in [-0.05, 0) is 36.4 Å². The number of hydrogen-bond acceptors (Lipinski definition) is 4. The first kappa shape index (κ1) is 21.3. The molecular weight excluding hydrogens is 443 g/mol. The van der Waals surface area contributed by atoms with Gasteiger partial charge in [0.25, 0.3) is 5.91 Å². The van der Waals surface area contributed by atoms with Crippen molar-refractivity contribution in [1.82, 2.24) is 14.4 Å². The van der Waals surface area contributed by atoms with Crippen LogP contribution in [-0.2, 0) is 6.18 Å². The van der Waals surface area contributed by atoms with Crippen molar-refractivity contribution >= 4 is 28.8 Å². The average Bonchev–Trinajstić information content (AvgIpc) is 3.20. The van der Waals surface area contributed by atoms with Gasteiger partial charge in [-0.15, -0.1) is 0 Å². The minimum absolute atomic E-state index is 0.00568. The molecule has 0 spiro atoms. The second kappa shape index (κ2) is 7.98. The summed E-state index contributed by atoms with van der Waals surface area (Å²) in [6.07, 6.45) is -0.693. The minimum atomic E-state index is -4.63. The number of alkyl halides is 3. The van der Waals surface area contributed by atoms with Crippen LogP contribution in [0.25, 0.3) is 16.9 Å². The SMILES string of the molecule is CN(C(=O)c1cn2c(-c3ccc(Cl)cc3C(F)(F)F)cnc2cn1)c1ccc(C#N)cc1. The average molecular weight is 456 g/mol. The summed E-state index contributed by atoms with van der Waals surface area (Å²) in [7, 11) is 1.53. The maximum atomic E-state index is 13.6. The third-order valence-electron chi connectivity index (χ3n) is 4.87. The molecule has 0 saturated carbocycles. The Morgan fingerprint density at radius 2 is 1.84 bits per heavy atom. The molecule has 4 aromatic rings. The maximum absolute atomic E-state index is 13.6. The molecule has 6 nitrogen and oxygen atoms in total. The van der Waals surface area contributed by atoms with Crippen LogP contribution in [0.5, 0.6) is 0 Å². The number of carbonyl (C=O) groups is 1. The maximum Gasteiger partial charge on any atom is 0.417 e. The number of anilines is 1. The van der Waals surface area contributed by atoms with Gasteiger partial charge < -0.3 is 4.90 Å². The summed E-state index contributed by atoms with van der Waals surface area (Å²) in [5.74, 6) is -0.483. The smallest absolute Gasteiger partial charge is 0.310 e. The first-order chi connectivity index (χ1) is 15.2. The van der Waals surface area contributed by atoms with Crippen LogP contribution >= 0.6 is 11.6 Å². The Morgan fingerprint density at radius 3 is 2.50 bits per heavy atom. The Balaban J connectivity index is 1.77. The first-order valence-electron chi connectivity index (χ1n) is 9.17. The van der Waals surface area contributed by atoms with Crippen LogP contribution < -0.4 is 4.90 Å². The summed E-state index contributed by atoms with van der Waals surface area (Å²) >= 11 is 5.78. The van der Waals surface area contributed by atoms with Gasteiger partial charge in [-0.1, -0.05) is 17.7 Å². The molecule has 0 atom stereocenters. The van der Waals surface area contributed by atoms with Crippen LogP contribution in [0.3, 0.4) is 0 Å². The molecule has 0 saturated heterocycles. The number of amides is 1. The molecule has 0 aliphatic carbocycles. The van der Waals surface area contributed by atoms with Crippen LogP contribution in [0.2, 0.25) is 5.02 Å². The Hall–Kier alpha value is -3.90. The molecule has 10 heteroatoms. The molecule has 160 valence electrons. The molecule has 2 aromatic heterocycles. The van der Waals surface area contributed by atoms with Gasteiger partial charge >= 0.3 is 6.18 Å². The normalized spacial score (nSPS) is 11.4. The van der Waals surface area contributed by atoms with E-state index in [9.17, 15) is 18.0 Å². The van der Waals surface area contributed by atoms with E-state index in [1.165, 1.54) is 47.1 Å².